The van der Waals surface area contributed by atoms with E-state index in [9.17, 15) is 0 Å². The highest BCUT2D eigenvalue weighted by Gasteiger charge is 2.08. The quantitative estimate of drug-likeness (QED) is 0.672. The zero-order valence-electron chi connectivity index (χ0n) is 10.6. The van der Waals surface area contributed by atoms with Crippen molar-refractivity contribution in [3.05, 3.63) is 46.8 Å². The van der Waals surface area contributed by atoms with Crippen LogP contribution in [0.25, 0.3) is 16.6 Å². The Morgan fingerprint density at radius 1 is 1.30 bits per heavy atom. The second kappa shape index (κ2) is 5.89. The Balaban J connectivity index is 2.03. The van der Waals surface area contributed by atoms with Crippen molar-refractivity contribution in [1.82, 2.24) is 20.0 Å². The van der Waals surface area contributed by atoms with Crippen LogP contribution in [0.1, 0.15) is 12.1 Å². The number of aryl methyl sites for hydroxylation is 1. The molecule has 0 atom stereocenters. The fourth-order valence-electron chi connectivity index (χ4n) is 2.08. The van der Waals surface area contributed by atoms with E-state index in [1.807, 2.05) is 30.5 Å². The number of para-hydroxylation sites is 1. The number of halogens is 2. The molecule has 2 aromatic heterocycles. The van der Waals surface area contributed by atoms with Gasteiger partial charge in [0.2, 0.25) is 0 Å². The van der Waals surface area contributed by atoms with E-state index in [2.05, 4.69) is 31.2 Å². The molecule has 4 nitrogen and oxygen atoms in total. The molecule has 0 saturated heterocycles. The van der Waals surface area contributed by atoms with Crippen molar-refractivity contribution in [3.63, 3.8) is 0 Å². The summed E-state index contributed by atoms with van der Waals surface area (Å²) < 4.78 is 2.73. The number of rotatable bonds is 4. The smallest absolute Gasteiger partial charge is 0.0960 e. The van der Waals surface area contributed by atoms with Crippen LogP contribution in [-0.4, -0.2) is 25.9 Å². The first kappa shape index (κ1) is 13.5. The molecule has 2 heterocycles. The van der Waals surface area contributed by atoms with Gasteiger partial charge in [-0.25, -0.2) is 4.68 Å². The van der Waals surface area contributed by atoms with Gasteiger partial charge < -0.3 is 0 Å². The molecule has 0 amide bonds. The van der Waals surface area contributed by atoms with Gasteiger partial charge in [-0.15, -0.1) is 16.7 Å². The molecule has 0 spiro atoms. The van der Waals surface area contributed by atoms with E-state index in [0.29, 0.717) is 5.88 Å². The predicted molar refractivity (Wildman–Crippen MR) is 83.4 cm³/mol. The highest BCUT2D eigenvalue weighted by atomic mass is 79.9. The molecule has 3 aromatic rings. The maximum absolute atomic E-state index is 5.70. The summed E-state index contributed by atoms with van der Waals surface area (Å²) in [6.07, 6.45) is 5.47. The van der Waals surface area contributed by atoms with Crippen LogP contribution in [0.2, 0.25) is 0 Å². The van der Waals surface area contributed by atoms with E-state index < -0.39 is 0 Å². The van der Waals surface area contributed by atoms with Crippen molar-refractivity contribution in [2.24, 2.45) is 0 Å². The zero-order valence-corrected chi connectivity index (χ0v) is 13.0. The third-order valence-electron chi connectivity index (χ3n) is 3.01. The van der Waals surface area contributed by atoms with Gasteiger partial charge in [-0.05, 0) is 40.9 Å². The van der Waals surface area contributed by atoms with Crippen LogP contribution in [-0.2, 0) is 6.42 Å². The fourth-order valence-corrected chi connectivity index (χ4v) is 2.56. The molecule has 6 heteroatoms. The summed E-state index contributed by atoms with van der Waals surface area (Å²) in [5, 5.41) is 9.42. The first-order valence-electron chi connectivity index (χ1n) is 6.30. The molecule has 102 valence electrons. The van der Waals surface area contributed by atoms with E-state index in [0.717, 1.165) is 39.6 Å². The zero-order chi connectivity index (χ0) is 13.9. The van der Waals surface area contributed by atoms with Crippen molar-refractivity contribution in [3.8, 4) is 5.69 Å². The van der Waals surface area contributed by atoms with Crippen LogP contribution in [0, 0.1) is 0 Å². The number of hydrogen-bond acceptors (Lipinski definition) is 3. The molecule has 0 aliphatic rings. The highest BCUT2D eigenvalue weighted by Crippen LogP contribution is 2.22. The lowest BCUT2D eigenvalue weighted by atomic mass is 10.2. The summed E-state index contributed by atoms with van der Waals surface area (Å²) in [7, 11) is 0. The summed E-state index contributed by atoms with van der Waals surface area (Å²) in [4.78, 5) is 4.47. The molecule has 20 heavy (non-hydrogen) atoms. The van der Waals surface area contributed by atoms with Gasteiger partial charge in [-0.1, -0.05) is 17.3 Å². The monoisotopic (exact) mass is 350 g/mol. The molecular formula is C14H12BrClN4. The van der Waals surface area contributed by atoms with E-state index in [4.69, 9.17) is 11.6 Å². The van der Waals surface area contributed by atoms with Crippen LogP contribution in [0.3, 0.4) is 0 Å². The summed E-state index contributed by atoms with van der Waals surface area (Å²) in [6.45, 7) is 0. The summed E-state index contributed by atoms with van der Waals surface area (Å²) >= 11 is 9.13. The van der Waals surface area contributed by atoms with Gasteiger partial charge in [0.1, 0.15) is 0 Å². The first-order chi connectivity index (χ1) is 9.78. The largest absolute Gasteiger partial charge is 0.253 e. The second-order valence-corrected chi connectivity index (χ2v) is 5.74. The first-order valence-corrected chi connectivity index (χ1v) is 7.62. The molecule has 1 aromatic carbocycles. The summed E-state index contributed by atoms with van der Waals surface area (Å²) in [5.74, 6) is 0.636. The Morgan fingerprint density at radius 3 is 3.05 bits per heavy atom. The topological polar surface area (TPSA) is 43.6 Å². The maximum atomic E-state index is 5.70. The van der Waals surface area contributed by atoms with Crippen LogP contribution < -0.4 is 0 Å². The lowest BCUT2D eigenvalue weighted by Gasteiger charge is -2.05. The third-order valence-corrected chi connectivity index (χ3v) is 3.71. The lowest BCUT2D eigenvalue weighted by Crippen LogP contribution is -1.97. The van der Waals surface area contributed by atoms with Crippen molar-refractivity contribution >= 4 is 38.4 Å². The van der Waals surface area contributed by atoms with E-state index in [-0.39, 0.29) is 0 Å². The predicted octanol–water partition coefficient (Wildman–Crippen LogP) is 3.75. The second-order valence-electron chi connectivity index (χ2n) is 4.45. The van der Waals surface area contributed by atoms with Gasteiger partial charge in [0.05, 0.1) is 23.1 Å². The number of fused-ring (bicyclic) bond motifs is 1. The standard InChI is InChI=1S/C14H12BrClN4/c15-11-7-10-3-1-5-13(14(10)17-8-11)20-9-12(18-19-20)4-2-6-16/h1,3,5,7-9H,2,4,6H2. The van der Waals surface area contributed by atoms with Crippen LogP contribution in [0.4, 0.5) is 0 Å². The van der Waals surface area contributed by atoms with Crippen molar-refractivity contribution < 1.29 is 0 Å². The Morgan fingerprint density at radius 2 is 2.20 bits per heavy atom. The molecule has 0 aliphatic carbocycles. The minimum Gasteiger partial charge on any atom is -0.253 e. The maximum Gasteiger partial charge on any atom is 0.0960 e. The molecule has 0 unspecified atom stereocenters. The Hall–Kier alpha value is -1.46. The highest BCUT2D eigenvalue weighted by molar-refractivity contribution is 9.10. The van der Waals surface area contributed by atoms with Gasteiger partial charge in [0, 0.05) is 21.9 Å². The van der Waals surface area contributed by atoms with Gasteiger partial charge >= 0.3 is 0 Å². The van der Waals surface area contributed by atoms with E-state index >= 15 is 0 Å². The molecule has 0 radical (unpaired) electrons. The minimum absolute atomic E-state index is 0.636. The molecule has 0 N–H and O–H groups in total. The average Bonchev–Trinajstić information content (AvgIpc) is 2.92. The Labute approximate surface area is 129 Å². The van der Waals surface area contributed by atoms with Crippen LogP contribution >= 0.6 is 27.5 Å². The Bertz CT molecular complexity index is 741. The third kappa shape index (κ3) is 2.69. The van der Waals surface area contributed by atoms with E-state index in [1.54, 1.807) is 10.9 Å². The van der Waals surface area contributed by atoms with Gasteiger partial charge in [0.15, 0.2) is 0 Å². The summed E-state index contributed by atoms with van der Waals surface area (Å²) in [5.41, 5.74) is 2.78. The number of pyridine rings is 1. The molecule has 3 rings (SSSR count). The van der Waals surface area contributed by atoms with Crippen LogP contribution in [0.15, 0.2) is 41.1 Å². The Kier molecular flexibility index (Phi) is 3.98. The molecule has 0 bridgehead atoms. The lowest BCUT2D eigenvalue weighted by molar-refractivity contribution is 0.794. The van der Waals surface area contributed by atoms with E-state index in [1.165, 1.54) is 0 Å². The number of alkyl halides is 1. The SMILES string of the molecule is ClCCCc1cn(-c2cccc3cc(Br)cnc23)nn1. The van der Waals surface area contributed by atoms with Crippen molar-refractivity contribution in [2.75, 3.05) is 5.88 Å². The van der Waals surface area contributed by atoms with Gasteiger partial charge in [0.25, 0.3) is 0 Å². The average molecular weight is 352 g/mol. The number of aromatic nitrogens is 4. The molecule has 0 fully saturated rings. The summed E-state index contributed by atoms with van der Waals surface area (Å²) in [6, 6.07) is 8.05. The number of hydrogen-bond donors (Lipinski definition) is 0. The normalized spacial score (nSPS) is 11.1. The van der Waals surface area contributed by atoms with Gasteiger partial charge in [-0.3, -0.25) is 4.98 Å². The van der Waals surface area contributed by atoms with Crippen LogP contribution in [0.5, 0.6) is 0 Å². The fraction of sp³-hybridized carbons (Fsp3) is 0.214. The number of benzene rings is 1. The van der Waals surface area contributed by atoms with Crippen molar-refractivity contribution in [2.45, 2.75) is 12.8 Å². The van der Waals surface area contributed by atoms with Crippen molar-refractivity contribution in [1.29, 1.82) is 0 Å². The number of nitrogens with zero attached hydrogens (tertiary/aromatic N) is 4. The molecule has 0 aliphatic heterocycles. The molecule has 0 saturated carbocycles. The molecular weight excluding hydrogens is 340 g/mol. The van der Waals surface area contributed by atoms with Gasteiger partial charge in [-0.2, -0.15) is 0 Å². The minimum atomic E-state index is 0.636.